The Hall–Kier alpha value is -2.57. The van der Waals surface area contributed by atoms with E-state index in [0.717, 1.165) is 17.7 Å². The van der Waals surface area contributed by atoms with Crippen LogP contribution in [0.15, 0.2) is 36.9 Å². The van der Waals surface area contributed by atoms with Crippen LogP contribution in [0.25, 0.3) is 11.3 Å². The molecule has 0 radical (unpaired) electrons. The van der Waals surface area contributed by atoms with Crippen molar-refractivity contribution in [2.75, 3.05) is 0 Å². The molecule has 0 saturated carbocycles. The molecular formula is C13H13FN6. The lowest BCUT2D eigenvalue weighted by Gasteiger charge is -2.01. The molecule has 0 N–H and O–H groups in total. The number of aryl methyl sites for hydroxylation is 3. The zero-order chi connectivity index (χ0) is 13.9. The summed E-state index contributed by atoms with van der Waals surface area (Å²) in [6.45, 7) is 3.21. The molecule has 3 heterocycles. The Kier molecular flexibility index (Phi) is 3.24. The number of hydrogen-bond acceptors (Lipinski definition) is 4. The molecule has 3 aromatic rings. The molecule has 20 heavy (non-hydrogen) atoms. The third-order valence-electron chi connectivity index (χ3n) is 3.01. The quantitative estimate of drug-likeness (QED) is 0.678. The van der Waals surface area contributed by atoms with Crippen LogP contribution >= 0.6 is 0 Å². The maximum absolute atomic E-state index is 13.0. The van der Waals surface area contributed by atoms with Gasteiger partial charge in [0, 0.05) is 24.2 Å². The highest BCUT2D eigenvalue weighted by Crippen LogP contribution is 2.19. The van der Waals surface area contributed by atoms with Crippen LogP contribution in [0, 0.1) is 12.9 Å². The zero-order valence-electron chi connectivity index (χ0n) is 10.9. The highest BCUT2D eigenvalue weighted by molar-refractivity contribution is 5.60. The van der Waals surface area contributed by atoms with Crippen molar-refractivity contribution < 1.29 is 4.39 Å². The van der Waals surface area contributed by atoms with Crippen LogP contribution in [0.1, 0.15) is 5.56 Å². The number of hydrogen-bond donors (Lipinski definition) is 0. The average Bonchev–Trinajstić information content (AvgIpc) is 3.07. The molecule has 0 spiro atoms. The van der Waals surface area contributed by atoms with Crippen LogP contribution < -0.4 is 0 Å². The van der Waals surface area contributed by atoms with Crippen LogP contribution in [-0.4, -0.2) is 29.8 Å². The fourth-order valence-electron chi connectivity index (χ4n) is 1.96. The number of pyridine rings is 1. The predicted octanol–water partition coefficient (Wildman–Crippen LogP) is 1.68. The van der Waals surface area contributed by atoms with Gasteiger partial charge in [0.2, 0.25) is 5.95 Å². The van der Waals surface area contributed by atoms with Gasteiger partial charge < -0.3 is 0 Å². The average molecular weight is 272 g/mol. The topological polar surface area (TPSA) is 61.4 Å². The number of nitrogens with zero attached hydrogens (tertiary/aromatic N) is 6. The minimum atomic E-state index is -0.489. The van der Waals surface area contributed by atoms with Gasteiger partial charge in [0.25, 0.3) is 0 Å². The first-order valence-electron chi connectivity index (χ1n) is 6.22. The van der Waals surface area contributed by atoms with Crippen LogP contribution in [-0.2, 0) is 13.1 Å². The van der Waals surface area contributed by atoms with Gasteiger partial charge in [-0.05, 0) is 24.6 Å². The lowest BCUT2D eigenvalue weighted by atomic mass is 10.1. The van der Waals surface area contributed by atoms with Crippen molar-refractivity contribution in [3.63, 3.8) is 0 Å². The standard InChI is InChI=1S/C13H13FN6/c1-10-7-13(14)15-8-11(10)12-9-20(18-17-12)6-5-19-4-2-3-16-19/h2-4,7-9H,5-6H2,1H3. The zero-order valence-corrected chi connectivity index (χ0v) is 10.9. The summed E-state index contributed by atoms with van der Waals surface area (Å²) in [6.07, 6.45) is 6.93. The molecule has 6 nitrogen and oxygen atoms in total. The Morgan fingerprint density at radius 2 is 2.10 bits per heavy atom. The molecule has 0 bridgehead atoms. The molecular weight excluding hydrogens is 259 g/mol. The Labute approximate surface area is 114 Å². The van der Waals surface area contributed by atoms with Crippen molar-refractivity contribution in [2.24, 2.45) is 0 Å². The summed E-state index contributed by atoms with van der Waals surface area (Å²) < 4.78 is 16.5. The van der Waals surface area contributed by atoms with Crippen molar-refractivity contribution in [3.05, 3.63) is 48.4 Å². The Morgan fingerprint density at radius 3 is 2.85 bits per heavy atom. The van der Waals surface area contributed by atoms with Crippen molar-refractivity contribution in [2.45, 2.75) is 20.0 Å². The second-order valence-corrected chi connectivity index (χ2v) is 4.46. The summed E-state index contributed by atoms with van der Waals surface area (Å²) in [6, 6.07) is 3.26. The van der Waals surface area contributed by atoms with E-state index in [0.29, 0.717) is 12.2 Å². The maximum atomic E-state index is 13.0. The highest BCUT2D eigenvalue weighted by atomic mass is 19.1. The van der Waals surface area contributed by atoms with Gasteiger partial charge in [-0.2, -0.15) is 9.49 Å². The molecule has 0 aliphatic heterocycles. The number of halogens is 1. The van der Waals surface area contributed by atoms with Crippen LogP contribution in [0.4, 0.5) is 4.39 Å². The van der Waals surface area contributed by atoms with Crippen molar-refractivity contribution >= 4 is 0 Å². The molecule has 0 aliphatic carbocycles. The van der Waals surface area contributed by atoms with Gasteiger partial charge in [0.15, 0.2) is 0 Å². The van der Waals surface area contributed by atoms with E-state index in [1.165, 1.54) is 12.3 Å². The van der Waals surface area contributed by atoms with Crippen molar-refractivity contribution in [1.82, 2.24) is 29.8 Å². The molecule has 0 aliphatic rings. The van der Waals surface area contributed by atoms with Gasteiger partial charge in [-0.25, -0.2) is 4.98 Å². The van der Waals surface area contributed by atoms with Gasteiger partial charge in [-0.1, -0.05) is 5.21 Å². The first-order valence-corrected chi connectivity index (χ1v) is 6.22. The first kappa shape index (κ1) is 12.5. The van der Waals surface area contributed by atoms with Gasteiger partial charge in [-0.3, -0.25) is 9.36 Å². The third kappa shape index (κ3) is 2.56. The molecule has 0 saturated heterocycles. The summed E-state index contributed by atoms with van der Waals surface area (Å²) in [5.74, 6) is -0.489. The fraction of sp³-hybridized carbons (Fsp3) is 0.231. The molecule has 3 rings (SSSR count). The Balaban J connectivity index is 1.76. The predicted molar refractivity (Wildman–Crippen MR) is 70.2 cm³/mol. The van der Waals surface area contributed by atoms with Crippen molar-refractivity contribution in [3.8, 4) is 11.3 Å². The van der Waals surface area contributed by atoms with E-state index < -0.39 is 5.95 Å². The Morgan fingerprint density at radius 1 is 1.25 bits per heavy atom. The second-order valence-electron chi connectivity index (χ2n) is 4.46. The van der Waals surface area contributed by atoms with Crippen LogP contribution in [0.2, 0.25) is 0 Å². The molecule has 3 aromatic heterocycles. The lowest BCUT2D eigenvalue weighted by Crippen LogP contribution is -2.08. The summed E-state index contributed by atoms with van der Waals surface area (Å²) >= 11 is 0. The summed E-state index contributed by atoms with van der Waals surface area (Å²) in [7, 11) is 0. The van der Waals surface area contributed by atoms with Crippen LogP contribution in [0.3, 0.4) is 0 Å². The first-order chi connectivity index (χ1) is 9.72. The normalized spacial score (nSPS) is 10.9. The fourth-order valence-corrected chi connectivity index (χ4v) is 1.96. The van der Waals surface area contributed by atoms with E-state index in [-0.39, 0.29) is 0 Å². The smallest absolute Gasteiger partial charge is 0.213 e. The van der Waals surface area contributed by atoms with Gasteiger partial charge in [-0.15, -0.1) is 5.10 Å². The van der Waals surface area contributed by atoms with E-state index in [9.17, 15) is 4.39 Å². The monoisotopic (exact) mass is 272 g/mol. The molecule has 0 amide bonds. The lowest BCUT2D eigenvalue weighted by molar-refractivity contribution is 0.490. The minimum absolute atomic E-state index is 0.489. The highest BCUT2D eigenvalue weighted by Gasteiger charge is 2.08. The van der Waals surface area contributed by atoms with Crippen molar-refractivity contribution in [1.29, 1.82) is 0 Å². The molecule has 7 heteroatoms. The molecule has 0 fully saturated rings. The number of aromatic nitrogens is 6. The van der Waals surface area contributed by atoms with Gasteiger partial charge in [0.1, 0.15) is 5.69 Å². The molecule has 102 valence electrons. The molecule has 0 atom stereocenters. The summed E-state index contributed by atoms with van der Waals surface area (Å²) in [5, 5.41) is 12.3. The Bertz CT molecular complexity index is 703. The van der Waals surface area contributed by atoms with E-state index in [1.807, 2.05) is 30.1 Å². The molecule has 0 unspecified atom stereocenters. The minimum Gasteiger partial charge on any atom is -0.271 e. The number of rotatable bonds is 4. The second kappa shape index (κ2) is 5.20. The van der Waals surface area contributed by atoms with Gasteiger partial charge in [0.05, 0.1) is 19.3 Å². The molecule has 0 aromatic carbocycles. The van der Waals surface area contributed by atoms with Crippen LogP contribution in [0.5, 0.6) is 0 Å². The largest absolute Gasteiger partial charge is 0.271 e. The third-order valence-corrected chi connectivity index (χ3v) is 3.01. The van der Waals surface area contributed by atoms with E-state index >= 15 is 0 Å². The summed E-state index contributed by atoms with van der Waals surface area (Å²) in [5.41, 5.74) is 2.27. The van der Waals surface area contributed by atoms with E-state index in [4.69, 9.17) is 0 Å². The van der Waals surface area contributed by atoms with E-state index in [2.05, 4.69) is 20.4 Å². The summed E-state index contributed by atoms with van der Waals surface area (Å²) in [4.78, 5) is 3.65. The maximum Gasteiger partial charge on any atom is 0.213 e. The van der Waals surface area contributed by atoms with E-state index in [1.54, 1.807) is 10.9 Å². The van der Waals surface area contributed by atoms with Gasteiger partial charge >= 0.3 is 0 Å². The SMILES string of the molecule is Cc1cc(F)ncc1-c1cn(CCn2cccn2)nn1.